The summed E-state index contributed by atoms with van der Waals surface area (Å²) < 4.78 is 7.40. The Bertz CT molecular complexity index is 383. The van der Waals surface area contributed by atoms with E-state index >= 15 is 0 Å². The number of carbonyl (C=O) groups excluding carboxylic acids is 1. The number of hydrogen-bond donors (Lipinski definition) is 0. The first-order valence-corrected chi connectivity index (χ1v) is 6.79. The van der Waals surface area contributed by atoms with Crippen molar-refractivity contribution in [3.63, 3.8) is 0 Å². The van der Waals surface area contributed by atoms with Crippen LogP contribution in [-0.4, -0.2) is 33.3 Å². The minimum atomic E-state index is 0.119. The van der Waals surface area contributed by atoms with Gasteiger partial charge in [0, 0.05) is 19.6 Å². The van der Waals surface area contributed by atoms with Crippen molar-refractivity contribution in [1.29, 1.82) is 0 Å². The van der Waals surface area contributed by atoms with Crippen LogP contribution in [0.5, 0.6) is 0 Å². The number of Topliss-reactive ketones (excluding diaryl/α,β-unsaturated/α-hetero) is 1. The van der Waals surface area contributed by atoms with E-state index in [4.69, 9.17) is 4.74 Å². The predicted octanol–water partition coefficient (Wildman–Crippen LogP) is 1.76. The molecule has 0 N–H and O–H groups in total. The fourth-order valence-corrected chi connectivity index (χ4v) is 2.29. The van der Waals surface area contributed by atoms with Gasteiger partial charge >= 0.3 is 0 Å². The zero-order valence-electron chi connectivity index (χ0n) is 11.0. The molecule has 0 bridgehead atoms. The molecule has 100 valence electrons. The maximum absolute atomic E-state index is 12.0. The average Bonchev–Trinajstić information content (AvgIpc) is 2.78. The Balaban J connectivity index is 1.84. The number of aryl methyl sites for hydroxylation is 1. The summed E-state index contributed by atoms with van der Waals surface area (Å²) in [6, 6.07) is 0. The normalized spacial score (nSPS) is 19.9. The van der Waals surface area contributed by atoms with Gasteiger partial charge in [-0.1, -0.05) is 6.92 Å². The third-order valence-corrected chi connectivity index (χ3v) is 3.22. The highest BCUT2D eigenvalue weighted by Gasteiger charge is 2.19. The predicted molar refractivity (Wildman–Crippen MR) is 67.2 cm³/mol. The number of ketones is 1. The van der Waals surface area contributed by atoms with Crippen LogP contribution in [0.3, 0.4) is 0 Å². The largest absolute Gasteiger partial charge is 0.378 e. The van der Waals surface area contributed by atoms with E-state index in [0.29, 0.717) is 12.8 Å². The first kappa shape index (κ1) is 13.2. The topological polar surface area (TPSA) is 57.0 Å². The summed E-state index contributed by atoms with van der Waals surface area (Å²) in [4.78, 5) is 16.1. The molecular weight excluding hydrogens is 230 g/mol. The molecular formula is C13H21N3O2. The molecule has 18 heavy (non-hydrogen) atoms. The molecule has 0 aromatic carbocycles. The molecule has 1 aromatic heterocycles. The lowest BCUT2D eigenvalue weighted by atomic mass is 10.0. The molecule has 0 aliphatic carbocycles. The van der Waals surface area contributed by atoms with Crippen molar-refractivity contribution in [1.82, 2.24) is 14.8 Å². The van der Waals surface area contributed by atoms with Crippen LogP contribution in [0, 0.1) is 0 Å². The number of carbonyl (C=O) groups is 1. The van der Waals surface area contributed by atoms with Crippen molar-refractivity contribution < 1.29 is 9.53 Å². The highest BCUT2D eigenvalue weighted by molar-refractivity contribution is 5.80. The number of ether oxygens (including phenoxy) is 1. The second kappa shape index (κ2) is 6.64. The second-order valence-electron chi connectivity index (χ2n) is 4.81. The highest BCUT2D eigenvalue weighted by Crippen LogP contribution is 2.16. The van der Waals surface area contributed by atoms with Crippen LogP contribution >= 0.6 is 0 Å². The van der Waals surface area contributed by atoms with Crippen LogP contribution in [0.1, 0.15) is 44.9 Å². The van der Waals surface area contributed by atoms with E-state index < -0.39 is 0 Å². The first-order valence-electron chi connectivity index (χ1n) is 6.79. The SMILES string of the molecule is CCCn1ncnc1CC(=O)CC1CCCCO1. The number of rotatable bonds is 6. The zero-order valence-corrected chi connectivity index (χ0v) is 11.0. The molecule has 1 unspecified atom stereocenters. The van der Waals surface area contributed by atoms with Crippen molar-refractivity contribution in [3.8, 4) is 0 Å². The third-order valence-electron chi connectivity index (χ3n) is 3.22. The third kappa shape index (κ3) is 3.63. The molecule has 0 amide bonds. The molecule has 1 aromatic rings. The summed E-state index contributed by atoms with van der Waals surface area (Å²) in [5.74, 6) is 0.977. The van der Waals surface area contributed by atoms with E-state index in [0.717, 1.165) is 38.2 Å². The maximum atomic E-state index is 12.0. The van der Waals surface area contributed by atoms with Crippen molar-refractivity contribution in [2.24, 2.45) is 0 Å². The van der Waals surface area contributed by atoms with Gasteiger partial charge in [0.1, 0.15) is 17.9 Å². The van der Waals surface area contributed by atoms with Gasteiger partial charge in [-0.3, -0.25) is 4.79 Å². The van der Waals surface area contributed by atoms with E-state index in [-0.39, 0.29) is 11.9 Å². The summed E-state index contributed by atoms with van der Waals surface area (Å²) in [6.07, 6.45) is 6.82. The van der Waals surface area contributed by atoms with Crippen LogP contribution < -0.4 is 0 Å². The lowest BCUT2D eigenvalue weighted by molar-refractivity contribution is -0.122. The Morgan fingerprint density at radius 1 is 1.56 bits per heavy atom. The lowest BCUT2D eigenvalue weighted by Crippen LogP contribution is -2.23. The number of nitrogens with zero attached hydrogens (tertiary/aromatic N) is 3. The van der Waals surface area contributed by atoms with Gasteiger partial charge < -0.3 is 4.74 Å². The van der Waals surface area contributed by atoms with Crippen LogP contribution in [0.4, 0.5) is 0 Å². The van der Waals surface area contributed by atoms with E-state index in [9.17, 15) is 4.79 Å². The molecule has 1 fully saturated rings. The van der Waals surface area contributed by atoms with Gasteiger partial charge in [-0.25, -0.2) is 9.67 Å². The van der Waals surface area contributed by atoms with Gasteiger partial charge in [-0.05, 0) is 25.7 Å². The van der Waals surface area contributed by atoms with Gasteiger partial charge in [0.05, 0.1) is 12.5 Å². The molecule has 1 saturated heterocycles. The van der Waals surface area contributed by atoms with Crippen molar-refractivity contribution in [2.75, 3.05) is 6.61 Å². The molecule has 5 nitrogen and oxygen atoms in total. The van der Waals surface area contributed by atoms with Crippen molar-refractivity contribution in [3.05, 3.63) is 12.2 Å². The minimum Gasteiger partial charge on any atom is -0.378 e. The average molecular weight is 251 g/mol. The standard InChI is InChI=1S/C13H21N3O2/c1-2-6-16-13(14-10-15-16)9-11(17)8-12-5-3-4-7-18-12/h10,12H,2-9H2,1H3. The Morgan fingerprint density at radius 3 is 3.17 bits per heavy atom. The molecule has 1 aliphatic heterocycles. The molecule has 2 heterocycles. The van der Waals surface area contributed by atoms with Gasteiger partial charge in [0.25, 0.3) is 0 Å². The molecule has 0 spiro atoms. The minimum absolute atomic E-state index is 0.119. The molecule has 5 heteroatoms. The van der Waals surface area contributed by atoms with Gasteiger partial charge in [-0.2, -0.15) is 5.10 Å². The van der Waals surface area contributed by atoms with Crippen LogP contribution in [0.2, 0.25) is 0 Å². The molecule has 1 atom stereocenters. The fourth-order valence-electron chi connectivity index (χ4n) is 2.29. The summed E-state index contributed by atoms with van der Waals surface area (Å²) in [5, 5.41) is 4.13. The highest BCUT2D eigenvalue weighted by atomic mass is 16.5. The first-order chi connectivity index (χ1) is 8.79. The Labute approximate surface area is 108 Å². The zero-order chi connectivity index (χ0) is 12.8. The van der Waals surface area contributed by atoms with E-state index in [1.807, 2.05) is 4.68 Å². The van der Waals surface area contributed by atoms with Crippen molar-refractivity contribution in [2.45, 2.75) is 58.1 Å². The summed E-state index contributed by atoms with van der Waals surface area (Å²) in [6.45, 7) is 3.70. The monoisotopic (exact) mass is 251 g/mol. The molecule has 2 rings (SSSR count). The van der Waals surface area contributed by atoms with Gasteiger partial charge in [-0.15, -0.1) is 0 Å². The van der Waals surface area contributed by atoms with E-state index in [2.05, 4.69) is 17.0 Å². The quantitative estimate of drug-likeness (QED) is 0.773. The smallest absolute Gasteiger partial charge is 0.143 e. The summed E-state index contributed by atoms with van der Waals surface area (Å²) >= 11 is 0. The lowest BCUT2D eigenvalue weighted by Gasteiger charge is -2.21. The van der Waals surface area contributed by atoms with Gasteiger partial charge in [0.15, 0.2) is 0 Å². The van der Waals surface area contributed by atoms with Crippen LogP contribution in [0.25, 0.3) is 0 Å². The van der Waals surface area contributed by atoms with Crippen LogP contribution in [0.15, 0.2) is 6.33 Å². The molecule has 1 aliphatic rings. The molecule has 0 saturated carbocycles. The van der Waals surface area contributed by atoms with Crippen molar-refractivity contribution >= 4 is 5.78 Å². The maximum Gasteiger partial charge on any atom is 0.143 e. The number of hydrogen-bond acceptors (Lipinski definition) is 4. The Hall–Kier alpha value is -1.23. The fraction of sp³-hybridized carbons (Fsp3) is 0.769. The Morgan fingerprint density at radius 2 is 2.44 bits per heavy atom. The van der Waals surface area contributed by atoms with Crippen LogP contribution in [-0.2, 0) is 22.5 Å². The molecule has 0 radical (unpaired) electrons. The van der Waals surface area contributed by atoms with Gasteiger partial charge in [0.2, 0.25) is 0 Å². The number of aromatic nitrogens is 3. The van der Waals surface area contributed by atoms with E-state index in [1.54, 1.807) is 0 Å². The van der Waals surface area contributed by atoms with E-state index in [1.165, 1.54) is 12.7 Å². The Kier molecular flexibility index (Phi) is 4.87. The summed E-state index contributed by atoms with van der Waals surface area (Å²) in [7, 11) is 0. The second-order valence-corrected chi connectivity index (χ2v) is 4.81. The summed E-state index contributed by atoms with van der Waals surface area (Å²) in [5.41, 5.74) is 0.